The minimum absolute atomic E-state index is 0.125. The van der Waals surface area contributed by atoms with Crippen LogP contribution in [0.4, 0.5) is 5.69 Å². The van der Waals surface area contributed by atoms with Gasteiger partial charge in [-0.2, -0.15) is 5.10 Å². The van der Waals surface area contributed by atoms with Crippen LogP contribution < -0.4 is 15.4 Å². The number of carbonyl (C=O) groups is 2. The molecule has 0 saturated carbocycles. The number of nitrogens with zero attached hydrogens (tertiary/aromatic N) is 1. The highest BCUT2D eigenvalue weighted by Gasteiger charge is 2.10. The molecule has 0 atom stereocenters. The van der Waals surface area contributed by atoms with Crippen molar-refractivity contribution < 1.29 is 14.3 Å². The van der Waals surface area contributed by atoms with Crippen LogP contribution in [-0.4, -0.2) is 35.7 Å². The largest absolute Gasteiger partial charge is 0.497 e. The molecule has 0 saturated heterocycles. The van der Waals surface area contributed by atoms with E-state index in [1.54, 1.807) is 37.4 Å². The van der Waals surface area contributed by atoms with E-state index in [1.807, 2.05) is 24.3 Å². The predicted octanol–water partition coefficient (Wildman–Crippen LogP) is 2.83. The molecule has 146 valence electrons. The number of rotatable bonds is 5. The zero-order valence-electron chi connectivity index (χ0n) is 16.1. The lowest BCUT2D eigenvalue weighted by Crippen LogP contribution is -2.23. The molecular formula is C22H20N4O3. The van der Waals surface area contributed by atoms with Gasteiger partial charge in [0.15, 0.2) is 0 Å². The molecule has 2 amide bonds. The van der Waals surface area contributed by atoms with E-state index in [0.717, 1.165) is 16.9 Å². The Morgan fingerprint density at radius 3 is 2.66 bits per heavy atom. The summed E-state index contributed by atoms with van der Waals surface area (Å²) < 4.78 is 5.20. The van der Waals surface area contributed by atoms with Crippen LogP contribution in [0.25, 0.3) is 11.3 Å². The summed E-state index contributed by atoms with van der Waals surface area (Å²) in [5.41, 5.74) is 3.35. The molecule has 0 unspecified atom stereocenters. The minimum atomic E-state index is -0.290. The van der Waals surface area contributed by atoms with Crippen molar-refractivity contribution in [3.63, 3.8) is 0 Å². The maximum atomic E-state index is 12.3. The molecular weight excluding hydrogens is 368 g/mol. The van der Waals surface area contributed by atoms with Crippen molar-refractivity contribution in [3.05, 3.63) is 65.9 Å². The molecule has 3 rings (SSSR count). The van der Waals surface area contributed by atoms with Gasteiger partial charge in [0.2, 0.25) is 5.91 Å². The Balaban J connectivity index is 1.56. The van der Waals surface area contributed by atoms with Gasteiger partial charge in [-0.25, -0.2) is 0 Å². The molecule has 0 fully saturated rings. The Morgan fingerprint density at radius 1 is 1.14 bits per heavy atom. The lowest BCUT2D eigenvalue weighted by atomic mass is 10.1. The number of methoxy groups -OCH3 is 1. The van der Waals surface area contributed by atoms with Crippen LogP contribution in [0.3, 0.4) is 0 Å². The van der Waals surface area contributed by atoms with Gasteiger partial charge in [0.05, 0.1) is 19.3 Å². The first kappa shape index (κ1) is 19.7. The fourth-order valence-electron chi connectivity index (χ4n) is 2.57. The van der Waals surface area contributed by atoms with Crippen molar-refractivity contribution in [1.82, 2.24) is 15.5 Å². The predicted molar refractivity (Wildman–Crippen MR) is 111 cm³/mol. The van der Waals surface area contributed by atoms with Gasteiger partial charge in [-0.1, -0.05) is 24.0 Å². The number of aromatic amines is 1. The van der Waals surface area contributed by atoms with Crippen molar-refractivity contribution in [2.45, 2.75) is 6.92 Å². The van der Waals surface area contributed by atoms with Crippen LogP contribution in [0.2, 0.25) is 0 Å². The highest BCUT2D eigenvalue weighted by molar-refractivity contribution is 5.93. The number of H-pyrrole nitrogens is 1. The van der Waals surface area contributed by atoms with Crippen molar-refractivity contribution >= 4 is 17.5 Å². The zero-order chi connectivity index (χ0) is 20.6. The molecule has 3 N–H and O–H groups in total. The average Bonchev–Trinajstić information content (AvgIpc) is 3.22. The topological polar surface area (TPSA) is 96.1 Å². The Hall–Kier alpha value is -4.05. The van der Waals surface area contributed by atoms with Gasteiger partial charge in [-0.3, -0.25) is 14.7 Å². The standard InChI is InChI=1S/C22H20N4O3/c1-15(27)24-18-10-8-16(9-11-18)5-4-12-23-22(28)21-14-20(25-26-21)17-6-3-7-19(13-17)29-2/h3,6-11,13-14H,12H2,1-2H3,(H,23,28)(H,24,27)(H,25,26). The number of amides is 2. The van der Waals surface area contributed by atoms with E-state index in [1.165, 1.54) is 6.92 Å². The van der Waals surface area contributed by atoms with Gasteiger partial charge in [0.25, 0.3) is 5.91 Å². The van der Waals surface area contributed by atoms with Crippen molar-refractivity contribution in [1.29, 1.82) is 0 Å². The van der Waals surface area contributed by atoms with Crippen LogP contribution in [0, 0.1) is 11.8 Å². The van der Waals surface area contributed by atoms with Crippen molar-refractivity contribution in [2.75, 3.05) is 19.0 Å². The molecule has 2 aromatic carbocycles. The van der Waals surface area contributed by atoms with Crippen LogP contribution in [-0.2, 0) is 4.79 Å². The number of hydrogen-bond donors (Lipinski definition) is 3. The minimum Gasteiger partial charge on any atom is -0.497 e. The normalized spacial score (nSPS) is 9.86. The van der Waals surface area contributed by atoms with Gasteiger partial charge in [0, 0.05) is 23.7 Å². The summed E-state index contributed by atoms with van der Waals surface area (Å²) in [6, 6.07) is 16.3. The number of aromatic nitrogens is 2. The van der Waals surface area contributed by atoms with Crippen LogP contribution in [0.5, 0.6) is 5.75 Å². The summed E-state index contributed by atoms with van der Waals surface area (Å²) >= 11 is 0. The number of anilines is 1. The van der Waals surface area contributed by atoms with E-state index < -0.39 is 0 Å². The van der Waals surface area contributed by atoms with E-state index in [-0.39, 0.29) is 18.4 Å². The van der Waals surface area contributed by atoms with Gasteiger partial charge in [-0.15, -0.1) is 0 Å². The first-order valence-corrected chi connectivity index (χ1v) is 8.90. The van der Waals surface area contributed by atoms with Gasteiger partial charge in [0.1, 0.15) is 11.4 Å². The second kappa shape index (κ2) is 9.24. The quantitative estimate of drug-likeness (QED) is 0.586. The van der Waals surface area contributed by atoms with Crippen LogP contribution in [0.1, 0.15) is 23.0 Å². The summed E-state index contributed by atoms with van der Waals surface area (Å²) in [5.74, 6) is 6.16. The molecule has 7 nitrogen and oxygen atoms in total. The van der Waals surface area contributed by atoms with Gasteiger partial charge in [-0.05, 0) is 42.5 Å². The molecule has 0 aliphatic rings. The third kappa shape index (κ3) is 5.47. The molecule has 29 heavy (non-hydrogen) atoms. The average molecular weight is 388 g/mol. The molecule has 0 spiro atoms. The van der Waals surface area contributed by atoms with Crippen LogP contribution >= 0.6 is 0 Å². The SMILES string of the molecule is COc1cccc(-c2cc(C(=O)NCC#Cc3ccc(NC(C)=O)cc3)[nH]n2)c1. The fraction of sp³-hybridized carbons (Fsp3) is 0.136. The second-order valence-electron chi connectivity index (χ2n) is 6.14. The van der Waals surface area contributed by atoms with Gasteiger partial charge < -0.3 is 15.4 Å². The van der Waals surface area contributed by atoms with Crippen LogP contribution in [0.15, 0.2) is 54.6 Å². The first-order valence-electron chi connectivity index (χ1n) is 8.90. The molecule has 3 aromatic rings. The Kier molecular flexibility index (Phi) is 6.28. The van der Waals surface area contributed by atoms with Crippen molar-refractivity contribution in [3.8, 4) is 28.8 Å². The molecule has 1 heterocycles. The monoisotopic (exact) mass is 388 g/mol. The second-order valence-corrected chi connectivity index (χ2v) is 6.14. The summed E-state index contributed by atoms with van der Waals surface area (Å²) in [7, 11) is 1.60. The summed E-state index contributed by atoms with van der Waals surface area (Å²) in [6.45, 7) is 1.65. The number of hydrogen-bond acceptors (Lipinski definition) is 4. The third-order valence-electron chi connectivity index (χ3n) is 3.96. The highest BCUT2D eigenvalue weighted by atomic mass is 16.5. The fourth-order valence-corrected chi connectivity index (χ4v) is 2.57. The smallest absolute Gasteiger partial charge is 0.270 e. The van der Waals surface area contributed by atoms with E-state index in [9.17, 15) is 9.59 Å². The number of carbonyl (C=O) groups excluding carboxylic acids is 2. The van der Waals surface area contributed by atoms with E-state index in [2.05, 4.69) is 32.7 Å². The number of benzene rings is 2. The summed E-state index contributed by atoms with van der Waals surface area (Å²) in [6.07, 6.45) is 0. The Labute approximate surface area is 168 Å². The Bertz CT molecular complexity index is 1080. The maximum absolute atomic E-state index is 12.3. The first-order chi connectivity index (χ1) is 14.0. The molecule has 0 radical (unpaired) electrons. The zero-order valence-corrected chi connectivity index (χ0v) is 16.1. The lowest BCUT2D eigenvalue weighted by molar-refractivity contribution is -0.114. The molecule has 1 aromatic heterocycles. The van der Waals surface area contributed by atoms with E-state index in [4.69, 9.17) is 4.74 Å². The summed E-state index contributed by atoms with van der Waals surface area (Å²) in [4.78, 5) is 23.3. The van der Waals surface area contributed by atoms with Gasteiger partial charge >= 0.3 is 0 Å². The Morgan fingerprint density at radius 2 is 1.93 bits per heavy atom. The maximum Gasteiger partial charge on any atom is 0.270 e. The molecule has 0 bridgehead atoms. The van der Waals surface area contributed by atoms with Crippen molar-refractivity contribution in [2.24, 2.45) is 0 Å². The number of nitrogens with one attached hydrogen (secondary N) is 3. The lowest BCUT2D eigenvalue weighted by Gasteiger charge is -2.01. The molecule has 7 heteroatoms. The van der Waals surface area contributed by atoms with E-state index in [0.29, 0.717) is 17.1 Å². The third-order valence-corrected chi connectivity index (χ3v) is 3.96. The van der Waals surface area contributed by atoms with E-state index >= 15 is 0 Å². The highest BCUT2D eigenvalue weighted by Crippen LogP contribution is 2.22. The molecule has 0 aliphatic carbocycles. The number of ether oxygens (including phenoxy) is 1. The summed E-state index contributed by atoms with van der Waals surface area (Å²) in [5, 5.41) is 12.3. The molecule has 0 aliphatic heterocycles.